The summed E-state index contributed by atoms with van der Waals surface area (Å²) >= 11 is 0. The standard InChI is InChI=1S/C22H26N4O3/c1-5-15-7-10-17(19(11-15)29-14-28-6-2)22-18(16-8-9-16)12-20(24-25-22)23-21(27)13-26(3)4/h1,7,10-12,16H,6,8-9,13-14H2,2-4H3,(H,23,24,27). The van der Waals surface area contributed by atoms with Crippen LogP contribution in [-0.4, -0.2) is 55.0 Å². The number of hydrogen-bond donors (Lipinski definition) is 1. The van der Waals surface area contributed by atoms with E-state index < -0.39 is 0 Å². The number of nitrogens with one attached hydrogen (secondary N) is 1. The smallest absolute Gasteiger partial charge is 0.239 e. The highest BCUT2D eigenvalue weighted by Gasteiger charge is 2.29. The van der Waals surface area contributed by atoms with Crippen LogP contribution < -0.4 is 10.1 Å². The number of anilines is 1. The van der Waals surface area contributed by atoms with Gasteiger partial charge in [-0.25, -0.2) is 0 Å². The van der Waals surface area contributed by atoms with E-state index in [1.807, 2.05) is 39.2 Å². The van der Waals surface area contributed by atoms with Crippen molar-refractivity contribution in [1.82, 2.24) is 15.1 Å². The zero-order valence-corrected chi connectivity index (χ0v) is 17.1. The monoisotopic (exact) mass is 394 g/mol. The Bertz CT molecular complexity index is 917. The van der Waals surface area contributed by atoms with Crippen molar-refractivity contribution < 1.29 is 14.3 Å². The molecule has 1 saturated carbocycles. The third-order valence-electron chi connectivity index (χ3n) is 4.47. The second kappa shape index (κ2) is 9.50. The number of carbonyl (C=O) groups is 1. The number of rotatable bonds is 9. The molecule has 2 aromatic rings. The highest BCUT2D eigenvalue weighted by Crippen LogP contribution is 2.45. The number of hydrogen-bond acceptors (Lipinski definition) is 6. The Morgan fingerprint density at radius 3 is 2.76 bits per heavy atom. The van der Waals surface area contributed by atoms with E-state index in [0.29, 0.717) is 29.7 Å². The number of nitrogens with zero attached hydrogens (tertiary/aromatic N) is 3. The van der Waals surface area contributed by atoms with Gasteiger partial charge in [-0.1, -0.05) is 5.92 Å². The molecule has 1 aliphatic carbocycles. The van der Waals surface area contributed by atoms with E-state index in [1.54, 1.807) is 11.0 Å². The maximum Gasteiger partial charge on any atom is 0.239 e. The van der Waals surface area contributed by atoms with Crippen molar-refractivity contribution in [2.75, 3.05) is 39.4 Å². The summed E-state index contributed by atoms with van der Waals surface area (Å²) in [5.74, 6) is 3.96. The number of aromatic nitrogens is 2. The maximum absolute atomic E-state index is 12.1. The number of benzene rings is 1. The SMILES string of the molecule is C#Cc1ccc(-c2nnc(NC(=O)CN(C)C)cc2C2CC2)c(OCOCC)c1. The molecule has 1 aliphatic rings. The molecule has 1 amide bonds. The van der Waals surface area contributed by atoms with E-state index in [4.69, 9.17) is 15.9 Å². The van der Waals surface area contributed by atoms with Crippen molar-refractivity contribution in [3.05, 3.63) is 35.4 Å². The van der Waals surface area contributed by atoms with Crippen LogP contribution in [-0.2, 0) is 9.53 Å². The molecule has 0 bridgehead atoms. The van der Waals surface area contributed by atoms with Gasteiger partial charge in [0.05, 0.1) is 6.54 Å². The van der Waals surface area contributed by atoms with Crippen LogP contribution in [0.5, 0.6) is 5.75 Å². The van der Waals surface area contributed by atoms with Gasteiger partial charge in [-0.2, -0.15) is 0 Å². The van der Waals surface area contributed by atoms with Gasteiger partial charge in [-0.05, 0) is 69.6 Å². The van der Waals surface area contributed by atoms with Crippen LogP contribution in [0.2, 0.25) is 0 Å². The first kappa shape index (κ1) is 20.8. The predicted molar refractivity (Wildman–Crippen MR) is 112 cm³/mol. The molecule has 0 saturated heterocycles. The summed E-state index contributed by atoms with van der Waals surface area (Å²) in [6.45, 7) is 2.87. The van der Waals surface area contributed by atoms with Gasteiger partial charge in [0.15, 0.2) is 12.6 Å². The van der Waals surface area contributed by atoms with Crippen LogP contribution >= 0.6 is 0 Å². The van der Waals surface area contributed by atoms with Crippen LogP contribution in [0.1, 0.15) is 36.8 Å². The summed E-state index contributed by atoms with van der Waals surface area (Å²) in [6, 6.07) is 7.47. The Morgan fingerprint density at radius 1 is 1.31 bits per heavy atom. The van der Waals surface area contributed by atoms with Gasteiger partial charge in [0.25, 0.3) is 0 Å². The molecule has 1 fully saturated rings. The van der Waals surface area contributed by atoms with Gasteiger partial charge >= 0.3 is 0 Å². The van der Waals surface area contributed by atoms with E-state index in [9.17, 15) is 4.79 Å². The molecule has 0 spiro atoms. The van der Waals surface area contributed by atoms with E-state index in [-0.39, 0.29) is 19.2 Å². The molecule has 3 rings (SSSR count). The molecule has 0 unspecified atom stereocenters. The molecular weight excluding hydrogens is 368 g/mol. The average Bonchev–Trinajstić information content (AvgIpc) is 3.53. The van der Waals surface area contributed by atoms with E-state index in [0.717, 1.165) is 29.7 Å². The highest BCUT2D eigenvalue weighted by molar-refractivity contribution is 5.91. The minimum atomic E-state index is -0.127. The third kappa shape index (κ3) is 5.53. The zero-order valence-electron chi connectivity index (χ0n) is 17.1. The molecular formula is C22H26N4O3. The lowest BCUT2D eigenvalue weighted by atomic mass is 10.0. The van der Waals surface area contributed by atoms with E-state index in [1.165, 1.54) is 0 Å². The van der Waals surface area contributed by atoms with Crippen molar-refractivity contribution in [2.45, 2.75) is 25.7 Å². The molecule has 7 heteroatoms. The first-order chi connectivity index (χ1) is 14.0. The van der Waals surface area contributed by atoms with Gasteiger partial charge < -0.3 is 19.7 Å². The summed E-state index contributed by atoms with van der Waals surface area (Å²) in [4.78, 5) is 13.9. The number of carbonyl (C=O) groups excluding carboxylic acids is 1. The molecule has 1 N–H and O–H groups in total. The molecule has 0 aliphatic heterocycles. The molecule has 1 aromatic carbocycles. The van der Waals surface area contributed by atoms with Gasteiger partial charge in [-0.3, -0.25) is 4.79 Å². The predicted octanol–water partition coefficient (Wildman–Crippen LogP) is 2.88. The Balaban J connectivity index is 1.93. The zero-order chi connectivity index (χ0) is 20.8. The molecule has 7 nitrogen and oxygen atoms in total. The quantitative estimate of drug-likeness (QED) is 0.400. The van der Waals surface area contributed by atoms with Crippen LogP contribution in [0, 0.1) is 12.3 Å². The van der Waals surface area contributed by atoms with Crippen LogP contribution in [0.4, 0.5) is 5.82 Å². The van der Waals surface area contributed by atoms with Crippen molar-refractivity contribution in [3.63, 3.8) is 0 Å². The Labute approximate surface area is 171 Å². The van der Waals surface area contributed by atoms with Crippen molar-refractivity contribution in [3.8, 4) is 29.4 Å². The second-order valence-electron chi connectivity index (χ2n) is 7.20. The fraction of sp³-hybridized carbons (Fsp3) is 0.409. The summed E-state index contributed by atoms with van der Waals surface area (Å²) in [6.07, 6.45) is 7.71. The van der Waals surface area contributed by atoms with Crippen molar-refractivity contribution in [2.24, 2.45) is 0 Å². The van der Waals surface area contributed by atoms with E-state index in [2.05, 4.69) is 21.4 Å². The van der Waals surface area contributed by atoms with Crippen LogP contribution in [0.3, 0.4) is 0 Å². The maximum atomic E-state index is 12.1. The lowest BCUT2D eigenvalue weighted by Gasteiger charge is -2.15. The normalized spacial score (nSPS) is 13.2. The number of amides is 1. The first-order valence-corrected chi connectivity index (χ1v) is 9.65. The lowest BCUT2D eigenvalue weighted by molar-refractivity contribution is -0.116. The first-order valence-electron chi connectivity index (χ1n) is 9.65. The van der Waals surface area contributed by atoms with Gasteiger partial charge in [-0.15, -0.1) is 16.6 Å². The minimum absolute atomic E-state index is 0.127. The minimum Gasteiger partial charge on any atom is -0.467 e. The van der Waals surface area contributed by atoms with Crippen molar-refractivity contribution in [1.29, 1.82) is 0 Å². The Kier molecular flexibility index (Phi) is 6.81. The molecule has 0 atom stereocenters. The molecule has 29 heavy (non-hydrogen) atoms. The summed E-state index contributed by atoms with van der Waals surface area (Å²) in [5, 5.41) is 11.5. The van der Waals surface area contributed by atoms with Crippen LogP contribution in [0.25, 0.3) is 11.3 Å². The Morgan fingerprint density at radius 2 is 2.10 bits per heavy atom. The third-order valence-corrected chi connectivity index (χ3v) is 4.47. The van der Waals surface area contributed by atoms with Gasteiger partial charge in [0.1, 0.15) is 11.4 Å². The topological polar surface area (TPSA) is 76.6 Å². The molecule has 152 valence electrons. The number of ether oxygens (including phenoxy) is 2. The van der Waals surface area contributed by atoms with Crippen molar-refractivity contribution >= 4 is 11.7 Å². The highest BCUT2D eigenvalue weighted by atomic mass is 16.7. The summed E-state index contributed by atoms with van der Waals surface area (Å²) in [7, 11) is 3.68. The summed E-state index contributed by atoms with van der Waals surface area (Å²) in [5.41, 5.74) is 3.32. The second-order valence-corrected chi connectivity index (χ2v) is 7.20. The molecule has 0 radical (unpaired) electrons. The molecule has 1 heterocycles. The largest absolute Gasteiger partial charge is 0.467 e. The molecule has 1 aromatic heterocycles. The van der Waals surface area contributed by atoms with Gasteiger partial charge in [0, 0.05) is 17.7 Å². The number of likely N-dealkylation sites (N-methyl/N-ethyl adjacent to an activating group) is 1. The summed E-state index contributed by atoms with van der Waals surface area (Å²) < 4.78 is 11.1. The van der Waals surface area contributed by atoms with Gasteiger partial charge in [0.2, 0.25) is 5.91 Å². The fourth-order valence-corrected chi connectivity index (χ4v) is 2.97. The fourth-order valence-electron chi connectivity index (χ4n) is 2.97. The van der Waals surface area contributed by atoms with Crippen LogP contribution in [0.15, 0.2) is 24.3 Å². The average molecular weight is 394 g/mol. The van der Waals surface area contributed by atoms with E-state index >= 15 is 0 Å². The lowest BCUT2D eigenvalue weighted by Crippen LogP contribution is -2.27. The Hall–Kier alpha value is -2.95. The number of terminal acetylenes is 1.